The number of carbonyl (C=O) groups excluding carboxylic acids is 3. The number of esters is 2. The molecule has 0 aliphatic heterocycles. The second-order valence-electron chi connectivity index (χ2n) is 7.40. The first-order valence-corrected chi connectivity index (χ1v) is 10.1. The molecule has 1 N–H and O–H groups in total. The minimum absolute atomic E-state index is 0.0207. The Hall–Kier alpha value is -2.87. The molecule has 0 unspecified atom stereocenters. The molecule has 0 fully saturated rings. The second kappa shape index (κ2) is 10.8. The zero-order valence-corrected chi connectivity index (χ0v) is 18.6. The molecule has 0 aliphatic rings. The molecule has 1 amide bonds. The van der Waals surface area contributed by atoms with Crippen molar-refractivity contribution in [3.05, 3.63) is 70.2 Å². The summed E-state index contributed by atoms with van der Waals surface area (Å²) in [7, 11) is 0. The first-order chi connectivity index (χ1) is 14.1. The summed E-state index contributed by atoms with van der Waals surface area (Å²) in [6.07, 6.45) is -0.816. The average Bonchev–Trinajstić information content (AvgIpc) is 2.69. The van der Waals surface area contributed by atoms with Gasteiger partial charge in [-0.2, -0.15) is 0 Å². The van der Waals surface area contributed by atoms with E-state index in [0.717, 1.165) is 10.0 Å². The number of ether oxygens (including phenoxy) is 3. The molecule has 2 rings (SSSR count). The van der Waals surface area contributed by atoms with Gasteiger partial charge in [-0.25, -0.2) is 14.4 Å². The minimum Gasteiger partial charge on any atom is -0.459 e. The highest BCUT2D eigenvalue weighted by atomic mass is 79.9. The number of hydrogen-bond acceptors (Lipinski definition) is 6. The first-order valence-electron chi connectivity index (χ1n) is 9.27. The summed E-state index contributed by atoms with van der Waals surface area (Å²) in [5, 5.41) is 2.41. The lowest BCUT2D eigenvalue weighted by atomic mass is 10.2. The van der Waals surface area contributed by atoms with E-state index in [4.69, 9.17) is 14.2 Å². The van der Waals surface area contributed by atoms with Crippen LogP contribution in [-0.4, -0.2) is 36.3 Å². The third-order valence-corrected chi connectivity index (χ3v) is 4.19. The van der Waals surface area contributed by atoms with E-state index in [1.54, 1.807) is 57.2 Å². The molecule has 7 nitrogen and oxygen atoms in total. The topological polar surface area (TPSA) is 90.9 Å². The van der Waals surface area contributed by atoms with Crippen LogP contribution in [0.15, 0.2) is 59.1 Å². The van der Waals surface area contributed by atoms with E-state index < -0.39 is 36.3 Å². The highest BCUT2D eigenvalue weighted by molar-refractivity contribution is 9.10. The molecule has 2 aromatic carbocycles. The lowest BCUT2D eigenvalue weighted by molar-refractivity contribution is -0.148. The normalized spacial score (nSPS) is 11.9. The van der Waals surface area contributed by atoms with Crippen LogP contribution >= 0.6 is 15.9 Å². The molecular formula is C22H24BrNO6. The maximum absolute atomic E-state index is 12.5. The van der Waals surface area contributed by atoms with Crippen LogP contribution in [0.3, 0.4) is 0 Å². The molecule has 0 saturated heterocycles. The smallest absolute Gasteiger partial charge is 0.408 e. The highest BCUT2D eigenvalue weighted by Crippen LogP contribution is 2.12. The number of carbonyl (C=O) groups is 3. The van der Waals surface area contributed by atoms with Crippen LogP contribution in [0.25, 0.3) is 0 Å². The lowest BCUT2D eigenvalue weighted by Gasteiger charge is -2.23. The van der Waals surface area contributed by atoms with Gasteiger partial charge in [-0.1, -0.05) is 46.3 Å². The number of nitrogens with one attached hydrogen (secondary N) is 1. The van der Waals surface area contributed by atoms with Gasteiger partial charge in [-0.3, -0.25) is 0 Å². The zero-order valence-electron chi connectivity index (χ0n) is 17.0. The van der Waals surface area contributed by atoms with Crippen molar-refractivity contribution in [2.24, 2.45) is 0 Å². The Morgan fingerprint density at radius 1 is 0.967 bits per heavy atom. The fourth-order valence-corrected chi connectivity index (χ4v) is 2.54. The van der Waals surface area contributed by atoms with Crippen molar-refractivity contribution >= 4 is 34.0 Å². The van der Waals surface area contributed by atoms with E-state index >= 15 is 0 Å². The molecule has 0 heterocycles. The van der Waals surface area contributed by atoms with Crippen molar-refractivity contribution in [1.29, 1.82) is 0 Å². The van der Waals surface area contributed by atoms with Crippen LogP contribution < -0.4 is 5.32 Å². The van der Waals surface area contributed by atoms with Gasteiger partial charge in [0.05, 0.1) is 5.56 Å². The summed E-state index contributed by atoms with van der Waals surface area (Å²) in [6.45, 7) is 4.71. The van der Waals surface area contributed by atoms with Crippen LogP contribution in [-0.2, 0) is 25.6 Å². The number of rotatable bonds is 7. The summed E-state index contributed by atoms with van der Waals surface area (Å²) in [5.74, 6) is -1.37. The number of hydrogen-bond donors (Lipinski definition) is 1. The Kier molecular flexibility index (Phi) is 8.41. The highest BCUT2D eigenvalue weighted by Gasteiger charge is 2.27. The Balaban J connectivity index is 2.01. The van der Waals surface area contributed by atoms with Crippen LogP contribution in [0.2, 0.25) is 0 Å². The van der Waals surface area contributed by atoms with Crippen molar-refractivity contribution in [2.75, 3.05) is 6.61 Å². The monoisotopic (exact) mass is 477 g/mol. The summed E-state index contributed by atoms with van der Waals surface area (Å²) in [4.78, 5) is 36.9. The Morgan fingerprint density at radius 3 is 2.20 bits per heavy atom. The third kappa shape index (κ3) is 8.24. The number of benzene rings is 2. The maximum atomic E-state index is 12.5. The van der Waals surface area contributed by atoms with E-state index in [-0.39, 0.29) is 6.61 Å². The standard InChI is InChI=1S/C22H24BrNO6/c1-22(2,3)30-21(27)24-18(20(26)28-13-15-7-5-4-6-8-15)14-29-19(25)16-9-11-17(23)12-10-16/h4-12,18H,13-14H2,1-3H3,(H,24,27)/t18-/m0/s1. The lowest BCUT2D eigenvalue weighted by Crippen LogP contribution is -2.47. The van der Waals surface area contributed by atoms with Crippen molar-refractivity contribution < 1.29 is 28.6 Å². The van der Waals surface area contributed by atoms with E-state index in [0.29, 0.717) is 5.56 Å². The molecular weight excluding hydrogens is 454 g/mol. The SMILES string of the molecule is CC(C)(C)OC(=O)N[C@@H](COC(=O)c1ccc(Br)cc1)C(=O)OCc1ccccc1. The largest absolute Gasteiger partial charge is 0.459 e. The van der Waals surface area contributed by atoms with Crippen LogP contribution in [0, 0.1) is 0 Å². The van der Waals surface area contributed by atoms with Gasteiger partial charge in [0.15, 0.2) is 6.04 Å². The second-order valence-corrected chi connectivity index (χ2v) is 8.31. The zero-order chi connectivity index (χ0) is 22.1. The fourth-order valence-electron chi connectivity index (χ4n) is 2.28. The van der Waals surface area contributed by atoms with E-state index in [1.807, 2.05) is 18.2 Å². The van der Waals surface area contributed by atoms with Crippen molar-refractivity contribution in [2.45, 2.75) is 39.0 Å². The average molecular weight is 478 g/mol. The summed E-state index contributed by atoms with van der Waals surface area (Å²) >= 11 is 3.29. The van der Waals surface area contributed by atoms with Gasteiger partial charge in [0.1, 0.15) is 18.8 Å². The van der Waals surface area contributed by atoms with Gasteiger partial charge in [0, 0.05) is 4.47 Å². The number of amides is 1. The van der Waals surface area contributed by atoms with E-state index in [1.165, 1.54) is 0 Å². The molecule has 1 atom stereocenters. The summed E-state index contributed by atoms with van der Waals surface area (Å²) < 4.78 is 16.5. The van der Waals surface area contributed by atoms with Gasteiger partial charge in [0.2, 0.25) is 0 Å². The number of halogens is 1. The first kappa shape index (κ1) is 23.4. The molecule has 0 aromatic heterocycles. The van der Waals surface area contributed by atoms with Crippen LogP contribution in [0.4, 0.5) is 4.79 Å². The summed E-state index contributed by atoms with van der Waals surface area (Å²) in [6, 6.07) is 14.4. The van der Waals surface area contributed by atoms with Gasteiger partial charge in [-0.15, -0.1) is 0 Å². The quantitative estimate of drug-likeness (QED) is 0.473. The van der Waals surface area contributed by atoms with E-state index in [2.05, 4.69) is 21.2 Å². The fraction of sp³-hybridized carbons (Fsp3) is 0.318. The van der Waals surface area contributed by atoms with Crippen LogP contribution in [0.5, 0.6) is 0 Å². The Bertz CT molecular complexity index is 861. The predicted molar refractivity (Wildman–Crippen MR) is 114 cm³/mol. The molecule has 8 heteroatoms. The molecule has 0 saturated carbocycles. The Labute approximate surface area is 183 Å². The minimum atomic E-state index is -1.22. The van der Waals surface area contributed by atoms with Gasteiger partial charge in [-0.05, 0) is 50.6 Å². The summed E-state index contributed by atoms with van der Waals surface area (Å²) in [5.41, 5.74) is 0.344. The van der Waals surface area contributed by atoms with Crippen LogP contribution in [0.1, 0.15) is 36.7 Å². The molecule has 30 heavy (non-hydrogen) atoms. The number of alkyl carbamates (subject to hydrolysis) is 1. The van der Waals surface area contributed by atoms with E-state index in [9.17, 15) is 14.4 Å². The van der Waals surface area contributed by atoms with Gasteiger partial charge >= 0.3 is 18.0 Å². The third-order valence-electron chi connectivity index (χ3n) is 3.66. The van der Waals surface area contributed by atoms with Crippen molar-refractivity contribution in [1.82, 2.24) is 5.32 Å². The van der Waals surface area contributed by atoms with Gasteiger partial charge in [0.25, 0.3) is 0 Å². The molecule has 2 aromatic rings. The Morgan fingerprint density at radius 2 is 1.60 bits per heavy atom. The molecule has 0 bridgehead atoms. The molecule has 0 spiro atoms. The predicted octanol–water partition coefficient (Wildman–Crippen LogP) is 4.24. The van der Waals surface area contributed by atoms with Gasteiger partial charge < -0.3 is 19.5 Å². The molecule has 160 valence electrons. The molecule has 0 aliphatic carbocycles. The van der Waals surface area contributed by atoms with Crippen molar-refractivity contribution in [3.8, 4) is 0 Å². The van der Waals surface area contributed by atoms with Crippen molar-refractivity contribution in [3.63, 3.8) is 0 Å². The molecule has 0 radical (unpaired) electrons. The maximum Gasteiger partial charge on any atom is 0.408 e.